The third-order valence-electron chi connectivity index (χ3n) is 16.9. The number of hydrogen-bond acceptors (Lipinski definition) is 2. The first-order chi connectivity index (χ1) is 32.1. The monoisotopic (exact) mass is 866 g/mol. The third kappa shape index (κ3) is 5.04. The Hall–Kier alpha value is -6.78. The summed E-state index contributed by atoms with van der Waals surface area (Å²) in [5, 5.41) is 6.34. The molecule has 4 heterocycles. The van der Waals surface area contributed by atoms with Crippen LogP contribution in [0.2, 0.25) is 0 Å². The summed E-state index contributed by atoms with van der Waals surface area (Å²) in [4.78, 5) is 2.65. The van der Waals surface area contributed by atoms with E-state index in [9.17, 15) is 0 Å². The Balaban J connectivity index is 1.21. The van der Waals surface area contributed by atoms with Crippen molar-refractivity contribution in [3.63, 3.8) is 0 Å². The van der Waals surface area contributed by atoms with Crippen molar-refractivity contribution in [2.75, 3.05) is 4.90 Å². The zero-order chi connectivity index (χ0) is 45.7. The lowest BCUT2D eigenvalue weighted by atomic mass is 9.46. The highest BCUT2D eigenvalue weighted by atomic mass is 16.3. The number of anilines is 3. The molecule has 0 N–H and O–H groups in total. The number of rotatable bonds is 2. The number of hydrogen-bond donors (Lipinski definition) is 0. The van der Waals surface area contributed by atoms with Crippen molar-refractivity contribution in [2.45, 2.75) is 96.8 Å². The number of fused-ring (bicyclic) bond motifs is 16. The molecule has 2 aliphatic carbocycles. The fraction of sp³-hybridized carbons (Fsp3) is 0.238. The zero-order valence-electron chi connectivity index (χ0n) is 40.2. The number of para-hydroxylation sites is 1. The second-order valence-electron chi connectivity index (χ2n) is 23.1. The molecular formula is C63H55BN2O. The summed E-state index contributed by atoms with van der Waals surface area (Å²) < 4.78 is 10.5. The fourth-order valence-electron chi connectivity index (χ4n) is 13.4. The van der Waals surface area contributed by atoms with Crippen molar-refractivity contribution in [2.24, 2.45) is 0 Å². The minimum Gasteiger partial charge on any atom is -0.466 e. The van der Waals surface area contributed by atoms with E-state index in [0.29, 0.717) is 0 Å². The van der Waals surface area contributed by atoms with E-state index >= 15 is 0 Å². The topological polar surface area (TPSA) is 21.3 Å². The van der Waals surface area contributed by atoms with Crippen LogP contribution in [0.15, 0.2) is 150 Å². The molecule has 326 valence electrons. The Bertz CT molecular complexity index is 3830. The molecule has 2 aromatic heterocycles. The van der Waals surface area contributed by atoms with E-state index in [1.54, 1.807) is 0 Å². The Labute approximate surface area is 394 Å². The van der Waals surface area contributed by atoms with Gasteiger partial charge in [-0.2, -0.15) is 0 Å². The minimum absolute atomic E-state index is 0.0150. The van der Waals surface area contributed by atoms with Crippen LogP contribution in [0.3, 0.4) is 0 Å². The van der Waals surface area contributed by atoms with Crippen LogP contribution in [-0.2, 0) is 21.7 Å². The van der Waals surface area contributed by atoms with Gasteiger partial charge in [0.15, 0.2) is 0 Å². The molecule has 0 spiro atoms. The molecule has 2 aliphatic heterocycles. The molecular weight excluding hydrogens is 812 g/mol. The summed E-state index contributed by atoms with van der Waals surface area (Å²) in [5.74, 6) is 0. The lowest BCUT2D eigenvalue weighted by Gasteiger charge is -2.42. The molecule has 0 saturated heterocycles. The van der Waals surface area contributed by atoms with Crippen molar-refractivity contribution in [1.29, 1.82) is 0 Å². The average Bonchev–Trinajstić information content (AvgIpc) is 3.94. The summed E-state index contributed by atoms with van der Waals surface area (Å²) in [6, 6.07) is 55.8. The van der Waals surface area contributed by atoms with Crippen LogP contribution in [0, 0.1) is 0 Å². The SMILES string of the molecule is CC(C)(C)c1ccc(N2c3cc4c(c5c3B(c3oc6cc7c(cc6c32)C(C)(C)CCC7(C)C)n2c3ccc6ccccc6c3c3cccc-5c32)C(C)(C)c2ccccc2-4)c(-c2ccccc2)c1. The maximum atomic E-state index is 7.77. The van der Waals surface area contributed by atoms with Crippen LogP contribution in [-0.4, -0.2) is 11.3 Å². The molecule has 4 heteroatoms. The van der Waals surface area contributed by atoms with Gasteiger partial charge in [-0.1, -0.05) is 172 Å². The Morgan fingerprint density at radius 1 is 0.567 bits per heavy atom. The normalized spacial score (nSPS) is 16.9. The molecule has 3 nitrogen and oxygen atoms in total. The maximum Gasteiger partial charge on any atom is 0.375 e. The first kappa shape index (κ1) is 39.4. The molecule has 0 unspecified atom stereocenters. The van der Waals surface area contributed by atoms with Crippen LogP contribution in [0.25, 0.3) is 76.9 Å². The Kier molecular flexibility index (Phi) is 7.53. The average molecular weight is 867 g/mol. The fourth-order valence-corrected chi connectivity index (χ4v) is 13.4. The molecule has 14 rings (SSSR count). The van der Waals surface area contributed by atoms with E-state index in [-0.39, 0.29) is 28.5 Å². The van der Waals surface area contributed by atoms with Gasteiger partial charge in [0.05, 0.1) is 11.4 Å². The number of furan rings is 1. The summed E-state index contributed by atoms with van der Waals surface area (Å²) in [5.41, 5.74) is 23.8. The smallest absolute Gasteiger partial charge is 0.375 e. The van der Waals surface area contributed by atoms with E-state index in [1.807, 2.05) is 0 Å². The van der Waals surface area contributed by atoms with Crippen LogP contribution >= 0.6 is 0 Å². The van der Waals surface area contributed by atoms with Gasteiger partial charge < -0.3 is 13.8 Å². The van der Waals surface area contributed by atoms with Crippen molar-refractivity contribution in [3.8, 4) is 33.4 Å². The van der Waals surface area contributed by atoms with Crippen molar-refractivity contribution >= 4 is 78.6 Å². The van der Waals surface area contributed by atoms with Gasteiger partial charge in [0, 0.05) is 49.4 Å². The highest BCUT2D eigenvalue weighted by Crippen LogP contribution is 2.59. The molecule has 67 heavy (non-hydrogen) atoms. The van der Waals surface area contributed by atoms with Gasteiger partial charge in [0.2, 0.25) is 0 Å². The van der Waals surface area contributed by atoms with Gasteiger partial charge in [-0.05, 0) is 132 Å². The predicted molar refractivity (Wildman–Crippen MR) is 284 cm³/mol. The Morgan fingerprint density at radius 3 is 2.06 bits per heavy atom. The predicted octanol–water partition coefficient (Wildman–Crippen LogP) is 15.7. The van der Waals surface area contributed by atoms with E-state index in [4.69, 9.17) is 4.42 Å². The van der Waals surface area contributed by atoms with E-state index < -0.39 is 0 Å². The van der Waals surface area contributed by atoms with Crippen molar-refractivity contribution < 1.29 is 4.42 Å². The molecule has 0 radical (unpaired) electrons. The number of aromatic nitrogens is 1. The number of benzene rings is 8. The van der Waals surface area contributed by atoms with Gasteiger partial charge in [-0.25, -0.2) is 0 Å². The molecule has 0 saturated carbocycles. The summed E-state index contributed by atoms with van der Waals surface area (Å²) >= 11 is 0. The van der Waals surface area contributed by atoms with Crippen LogP contribution in [0.1, 0.15) is 103 Å². The quantitative estimate of drug-likeness (QED) is 0.161. The first-order valence-electron chi connectivity index (χ1n) is 24.5. The van der Waals surface area contributed by atoms with Crippen LogP contribution in [0.5, 0.6) is 0 Å². The van der Waals surface area contributed by atoms with Gasteiger partial charge in [0.1, 0.15) is 11.2 Å². The van der Waals surface area contributed by atoms with E-state index in [1.165, 1.54) is 116 Å². The van der Waals surface area contributed by atoms with E-state index in [2.05, 4.69) is 217 Å². The molecule has 0 amide bonds. The third-order valence-corrected chi connectivity index (χ3v) is 16.9. The van der Waals surface area contributed by atoms with Gasteiger partial charge in [-0.3, -0.25) is 0 Å². The van der Waals surface area contributed by atoms with Gasteiger partial charge in [0.25, 0.3) is 0 Å². The summed E-state index contributed by atoms with van der Waals surface area (Å²) in [6.45, 7) is 21.4. The second kappa shape index (κ2) is 12.8. The molecule has 0 bridgehead atoms. The highest BCUT2D eigenvalue weighted by Gasteiger charge is 2.51. The number of nitrogens with zero attached hydrogens (tertiary/aromatic N) is 2. The second-order valence-corrected chi connectivity index (χ2v) is 23.1. The molecule has 0 fully saturated rings. The zero-order valence-corrected chi connectivity index (χ0v) is 40.2. The van der Waals surface area contributed by atoms with Crippen molar-refractivity contribution in [3.05, 3.63) is 173 Å². The molecule has 4 aliphatic rings. The minimum atomic E-state index is -0.247. The summed E-state index contributed by atoms with van der Waals surface area (Å²) in [7, 11) is 0. The van der Waals surface area contributed by atoms with Gasteiger partial charge >= 0.3 is 6.85 Å². The van der Waals surface area contributed by atoms with Gasteiger partial charge in [-0.15, -0.1) is 0 Å². The molecule has 0 atom stereocenters. The molecule has 10 aromatic rings. The molecule has 8 aromatic carbocycles. The lowest BCUT2D eigenvalue weighted by Crippen LogP contribution is -2.56. The van der Waals surface area contributed by atoms with E-state index in [0.717, 1.165) is 29.8 Å². The lowest BCUT2D eigenvalue weighted by molar-refractivity contribution is 0.332. The Morgan fingerprint density at radius 2 is 1.27 bits per heavy atom. The highest BCUT2D eigenvalue weighted by molar-refractivity contribution is 6.89. The summed E-state index contributed by atoms with van der Waals surface area (Å²) in [6.07, 6.45) is 2.28. The van der Waals surface area contributed by atoms with Crippen LogP contribution in [0.4, 0.5) is 17.1 Å². The standard InChI is InChI=1S/C63H55BN2O/c1-60(2,3)38-27-29-49(43(32-38)36-18-11-10-12-19-36)65-51-34-44-40-22-15-16-25-46(40)63(8,9)55(44)54-42-24-17-23-41-53-39-21-14-13-20-37(39)26-28-50(53)66(57(41)42)64(56(51)54)59-58(65)45-33-47-48(35-52(45)67-59)62(6,7)31-30-61(47,4)5/h10-29,32-35H,30-31H2,1-9H3. The maximum absolute atomic E-state index is 7.77. The first-order valence-corrected chi connectivity index (χ1v) is 24.5. The van der Waals surface area contributed by atoms with Crippen LogP contribution < -0.4 is 16.0 Å². The van der Waals surface area contributed by atoms with Crippen molar-refractivity contribution in [1.82, 2.24) is 4.48 Å². The largest absolute Gasteiger partial charge is 0.466 e.